The van der Waals surface area contributed by atoms with Crippen LogP contribution in [-0.4, -0.2) is 27.4 Å². The van der Waals surface area contributed by atoms with Crippen molar-refractivity contribution in [2.75, 3.05) is 6.54 Å². The summed E-state index contributed by atoms with van der Waals surface area (Å²) in [6.07, 6.45) is 2.95. The minimum atomic E-state index is -0.962. The van der Waals surface area contributed by atoms with Gasteiger partial charge in [-0.1, -0.05) is 36.4 Å². The fourth-order valence-electron chi connectivity index (χ4n) is 3.85. The summed E-state index contributed by atoms with van der Waals surface area (Å²) in [7, 11) is 0. The predicted octanol–water partition coefficient (Wildman–Crippen LogP) is 4.16. The Balaban J connectivity index is 1.81. The molecule has 27 heavy (non-hydrogen) atoms. The molecule has 138 valence electrons. The van der Waals surface area contributed by atoms with E-state index in [1.165, 1.54) is 12.1 Å². The summed E-state index contributed by atoms with van der Waals surface area (Å²) >= 11 is 0. The second kappa shape index (κ2) is 7.45. The van der Waals surface area contributed by atoms with E-state index in [1.807, 2.05) is 30.3 Å². The zero-order valence-corrected chi connectivity index (χ0v) is 14.9. The van der Waals surface area contributed by atoms with Crippen LogP contribution in [0.1, 0.15) is 42.5 Å². The fraction of sp³-hybridized carbons (Fsp3) is 0.273. The molecule has 2 aromatic carbocycles. The summed E-state index contributed by atoms with van der Waals surface area (Å²) in [5.74, 6) is -0.327. The first-order valence-electron chi connectivity index (χ1n) is 9.22. The summed E-state index contributed by atoms with van der Waals surface area (Å²) in [6.45, 7) is 0.579. The van der Waals surface area contributed by atoms with Gasteiger partial charge in [-0.15, -0.1) is 0 Å². The van der Waals surface area contributed by atoms with Gasteiger partial charge in [0.1, 0.15) is 11.9 Å². The standard InChI is InChI=1S/C22H21FN2O2/c23-17-11-9-16(10-12-17)21(25-14-2-1-8-19(25)26)22(27)18-7-3-5-15-6-4-13-24-20(15)18/h3-7,9-13,21-22,27H,1-2,8,14H2. The molecule has 2 heterocycles. The molecule has 2 unspecified atom stereocenters. The van der Waals surface area contributed by atoms with Gasteiger partial charge in [-0.25, -0.2) is 4.39 Å². The zero-order valence-electron chi connectivity index (χ0n) is 14.9. The first-order valence-corrected chi connectivity index (χ1v) is 9.22. The Bertz CT molecular complexity index is 953. The number of likely N-dealkylation sites (tertiary alicyclic amines) is 1. The van der Waals surface area contributed by atoms with E-state index < -0.39 is 12.1 Å². The molecule has 1 N–H and O–H groups in total. The fourth-order valence-corrected chi connectivity index (χ4v) is 3.85. The van der Waals surface area contributed by atoms with Crippen LogP contribution in [0.15, 0.2) is 60.8 Å². The Hall–Kier alpha value is -2.79. The number of benzene rings is 2. The van der Waals surface area contributed by atoms with E-state index in [2.05, 4.69) is 4.98 Å². The van der Waals surface area contributed by atoms with Gasteiger partial charge in [0, 0.05) is 30.1 Å². The molecule has 3 aromatic rings. The van der Waals surface area contributed by atoms with Gasteiger partial charge in [-0.2, -0.15) is 0 Å². The van der Waals surface area contributed by atoms with Crippen molar-refractivity contribution in [3.8, 4) is 0 Å². The lowest BCUT2D eigenvalue weighted by molar-refractivity contribution is -0.139. The van der Waals surface area contributed by atoms with Crippen LogP contribution in [0.25, 0.3) is 10.9 Å². The molecule has 1 amide bonds. The van der Waals surface area contributed by atoms with Gasteiger partial charge in [0.2, 0.25) is 5.91 Å². The topological polar surface area (TPSA) is 53.4 Å². The van der Waals surface area contributed by atoms with Crippen molar-refractivity contribution in [3.63, 3.8) is 0 Å². The van der Waals surface area contributed by atoms with Crippen molar-refractivity contribution in [1.29, 1.82) is 0 Å². The molecule has 0 saturated carbocycles. The first-order chi connectivity index (χ1) is 13.1. The molecule has 2 atom stereocenters. The number of piperidine rings is 1. The van der Waals surface area contributed by atoms with E-state index in [4.69, 9.17) is 0 Å². The number of hydrogen-bond acceptors (Lipinski definition) is 3. The average Bonchev–Trinajstić information content (AvgIpc) is 2.70. The van der Waals surface area contributed by atoms with Crippen LogP contribution in [-0.2, 0) is 4.79 Å². The van der Waals surface area contributed by atoms with Crippen molar-refractivity contribution >= 4 is 16.8 Å². The van der Waals surface area contributed by atoms with Gasteiger partial charge in [-0.3, -0.25) is 9.78 Å². The highest BCUT2D eigenvalue weighted by Gasteiger charge is 2.34. The molecule has 1 aliphatic heterocycles. The normalized spacial score (nSPS) is 17.1. The van der Waals surface area contributed by atoms with Gasteiger partial charge >= 0.3 is 0 Å². The molecule has 1 saturated heterocycles. The number of aromatic nitrogens is 1. The van der Waals surface area contributed by atoms with Crippen LogP contribution < -0.4 is 0 Å². The van der Waals surface area contributed by atoms with E-state index in [9.17, 15) is 14.3 Å². The van der Waals surface area contributed by atoms with Crippen molar-refractivity contribution < 1.29 is 14.3 Å². The summed E-state index contributed by atoms with van der Waals surface area (Å²) in [4.78, 5) is 18.8. The Morgan fingerprint density at radius 2 is 1.81 bits per heavy atom. The molecule has 1 fully saturated rings. The maximum absolute atomic E-state index is 13.4. The highest BCUT2D eigenvalue weighted by Crippen LogP contribution is 2.38. The highest BCUT2D eigenvalue weighted by molar-refractivity contribution is 5.82. The van der Waals surface area contributed by atoms with E-state index >= 15 is 0 Å². The monoisotopic (exact) mass is 364 g/mol. The van der Waals surface area contributed by atoms with Crippen LogP contribution in [0.4, 0.5) is 4.39 Å². The molecular formula is C22H21FN2O2. The number of fused-ring (bicyclic) bond motifs is 1. The first kappa shape index (κ1) is 17.6. The number of aliphatic hydroxyl groups excluding tert-OH is 1. The smallest absolute Gasteiger partial charge is 0.223 e. The number of carbonyl (C=O) groups is 1. The number of hydrogen-bond donors (Lipinski definition) is 1. The quantitative estimate of drug-likeness (QED) is 0.756. The predicted molar refractivity (Wildman–Crippen MR) is 101 cm³/mol. The lowest BCUT2D eigenvalue weighted by atomic mass is 9.91. The van der Waals surface area contributed by atoms with Gasteiger partial charge in [0.25, 0.3) is 0 Å². The van der Waals surface area contributed by atoms with Crippen molar-refractivity contribution in [3.05, 3.63) is 77.7 Å². The third-order valence-electron chi connectivity index (χ3n) is 5.19. The molecule has 5 heteroatoms. The Kier molecular flexibility index (Phi) is 4.86. The summed E-state index contributed by atoms with van der Waals surface area (Å²) in [6, 6.07) is 14.9. The summed E-state index contributed by atoms with van der Waals surface area (Å²) < 4.78 is 13.4. The Morgan fingerprint density at radius 1 is 1.04 bits per heavy atom. The average molecular weight is 364 g/mol. The van der Waals surface area contributed by atoms with Gasteiger partial charge in [-0.05, 0) is 36.6 Å². The number of nitrogens with zero attached hydrogens (tertiary/aromatic N) is 2. The zero-order chi connectivity index (χ0) is 18.8. The second-order valence-electron chi connectivity index (χ2n) is 6.91. The van der Waals surface area contributed by atoms with Crippen LogP contribution in [0.5, 0.6) is 0 Å². The largest absolute Gasteiger partial charge is 0.386 e. The van der Waals surface area contributed by atoms with Gasteiger partial charge in [0.05, 0.1) is 11.6 Å². The Labute approximate surface area is 157 Å². The molecule has 0 spiro atoms. The number of amides is 1. The maximum atomic E-state index is 13.4. The lowest BCUT2D eigenvalue weighted by Gasteiger charge is -2.38. The highest BCUT2D eigenvalue weighted by atomic mass is 19.1. The number of aliphatic hydroxyl groups is 1. The maximum Gasteiger partial charge on any atom is 0.223 e. The number of rotatable bonds is 4. The van der Waals surface area contributed by atoms with Crippen molar-refractivity contribution in [2.24, 2.45) is 0 Å². The van der Waals surface area contributed by atoms with E-state index in [1.54, 1.807) is 23.2 Å². The molecule has 0 aliphatic carbocycles. The molecule has 0 radical (unpaired) electrons. The lowest BCUT2D eigenvalue weighted by Crippen LogP contribution is -2.41. The molecule has 4 nitrogen and oxygen atoms in total. The SMILES string of the molecule is O=C1CCCCN1C(c1ccc(F)cc1)C(O)c1cccc2cccnc12. The van der Waals surface area contributed by atoms with Gasteiger partial charge < -0.3 is 10.0 Å². The van der Waals surface area contributed by atoms with Crippen LogP contribution >= 0.6 is 0 Å². The van der Waals surface area contributed by atoms with E-state index in [0.717, 1.165) is 18.2 Å². The number of para-hydroxylation sites is 1. The van der Waals surface area contributed by atoms with Crippen LogP contribution in [0.2, 0.25) is 0 Å². The molecule has 4 rings (SSSR count). The molecule has 1 aliphatic rings. The van der Waals surface area contributed by atoms with E-state index in [-0.39, 0.29) is 11.7 Å². The summed E-state index contributed by atoms with van der Waals surface area (Å²) in [5.41, 5.74) is 2.09. The summed E-state index contributed by atoms with van der Waals surface area (Å²) in [5, 5.41) is 12.3. The molecule has 1 aromatic heterocycles. The Morgan fingerprint density at radius 3 is 2.59 bits per heavy atom. The number of halogens is 1. The van der Waals surface area contributed by atoms with Crippen LogP contribution in [0.3, 0.4) is 0 Å². The second-order valence-corrected chi connectivity index (χ2v) is 6.91. The van der Waals surface area contributed by atoms with Crippen LogP contribution in [0, 0.1) is 5.82 Å². The molecular weight excluding hydrogens is 343 g/mol. The van der Waals surface area contributed by atoms with Crippen molar-refractivity contribution in [1.82, 2.24) is 9.88 Å². The van der Waals surface area contributed by atoms with Gasteiger partial charge in [0.15, 0.2) is 0 Å². The number of carbonyl (C=O) groups excluding carboxylic acids is 1. The minimum absolute atomic E-state index is 0.0165. The third-order valence-corrected chi connectivity index (χ3v) is 5.19. The minimum Gasteiger partial charge on any atom is -0.386 e. The van der Waals surface area contributed by atoms with Crippen molar-refractivity contribution in [2.45, 2.75) is 31.4 Å². The molecule has 0 bridgehead atoms. The third kappa shape index (κ3) is 3.43. The van der Waals surface area contributed by atoms with E-state index in [0.29, 0.717) is 29.6 Å². The number of pyridine rings is 1.